The van der Waals surface area contributed by atoms with Crippen LogP contribution in [0.15, 0.2) is 61.2 Å². The Hall–Kier alpha value is -3.28. The molecule has 0 fully saturated rings. The van der Waals surface area contributed by atoms with E-state index < -0.39 is 18.2 Å². The Morgan fingerprint density at radius 3 is 2.03 bits per heavy atom. The number of esters is 2. The van der Waals surface area contributed by atoms with E-state index >= 15 is 0 Å². The Morgan fingerprint density at radius 2 is 1.41 bits per heavy atom. The zero-order valence-corrected chi connectivity index (χ0v) is 20.5. The Kier molecular flexibility index (Phi) is 11.7. The maximum Gasteiger partial charge on any atom is 0.343 e. The summed E-state index contributed by atoms with van der Waals surface area (Å²) in [6.45, 7) is 9.72. The van der Waals surface area contributed by atoms with Gasteiger partial charge in [0, 0.05) is 12.5 Å². The molecule has 6 nitrogen and oxygen atoms in total. The van der Waals surface area contributed by atoms with Crippen LogP contribution >= 0.6 is 0 Å². The summed E-state index contributed by atoms with van der Waals surface area (Å²) in [5.74, 6) is 0.635. The van der Waals surface area contributed by atoms with E-state index in [4.69, 9.17) is 18.9 Å². The van der Waals surface area contributed by atoms with Crippen molar-refractivity contribution in [2.45, 2.75) is 78.1 Å². The first-order valence-corrected chi connectivity index (χ1v) is 12.0. The number of carbonyl (C=O) groups is 2. The van der Waals surface area contributed by atoms with Crippen molar-refractivity contribution < 1.29 is 28.5 Å². The van der Waals surface area contributed by atoms with Gasteiger partial charge in [0.25, 0.3) is 0 Å². The lowest BCUT2D eigenvalue weighted by Gasteiger charge is -2.19. The zero-order chi connectivity index (χ0) is 24.8. The molecule has 6 heteroatoms. The van der Waals surface area contributed by atoms with E-state index in [1.807, 2.05) is 6.92 Å². The standard InChI is InChI=1S/C28H36O6/c1-5-8-10-12-27(34-26(29)7-3)32-24-17-19-25(20-18-24)33-28(30)22-13-15-23(16-14-22)31-21(4)11-9-6-2/h7,13-21,27H,3,5-6,8-12H2,1-2,4H3. The van der Waals surface area contributed by atoms with E-state index in [0.717, 1.165) is 50.4 Å². The molecule has 0 radical (unpaired) electrons. The van der Waals surface area contributed by atoms with E-state index in [1.165, 1.54) is 0 Å². The lowest BCUT2D eigenvalue weighted by Crippen LogP contribution is -2.23. The summed E-state index contributed by atoms with van der Waals surface area (Å²) in [5, 5.41) is 0. The predicted octanol–water partition coefficient (Wildman–Crippen LogP) is 6.88. The monoisotopic (exact) mass is 468 g/mol. The van der Waals surface area contributed by atoms with Crippen LogP contribution in [0.25, 0.3) is 0 Å². The maximum absolute atomic E-state index is 12.5. The molecule has 2 atom stereocenters. The second-order valence-electron chi connectivity index (χ2n) is 8.14. The number of rotatable bonds is 15. The SMILES string of the molecule is C=CC(=O)OC(CCCCC)Oc1ccc(OC(=O)c2ccc(OC(C)CCCC)cc2)cc1. The summed E-state index contributed by atoms with van der Waals surface area (Å²) in [4.78, 5) is 24.1. The normalized spacial score (nSPS) is 12.3. The van der Waals surface area contributed by atoms with Gasteiger partial charge in [-0.15, -0.1) is 0 Å². The van der Waals surface area contributed by atoms with Gasteiger partial charge in [0.1, 0.15) is 17.2 Å². The molecule has 184 valence electrons. The summed E-state index contributed by atoms with van der Waals surface area (Å²) >= 11 is 0. The average Bonchev–Trinajstić information content (AvgIpc) is 2.84. The van der Waals surface area contributed by atoms with Crippen LogP contribution in [0, 0.1) is 0 Å². The molecule has 2 unspecified atom stereocenters. The van der Waals surface area contributed by atoms with Gasteiger partial charge in [-0.2, -0.15) is 0 Å². The van der Waals surface area contributed by atoms with Gasteiger partial charge in [-0.25, -0.2) is 9.59 Å². The van der Waals surface area contributed by atoms with Gasteiger partial charge in [-0.3, -0.25) is 0 Å². The largest absolute Gasteiger partial charge is 0.491 e. The minimum atomic E-state index is -0.698. The van der Waals surface area contributed by atoms with E-state index in [9.17, 15) is 9.59 Å². The molecule has 0 aliphatic heterocycles. The second kappa shape index (κ2) is 14.8. The van der Waals surface area contributed by atoms with Crippen LogP contribution in [0.3, 0.4) is 0 Å². The van der Waals surface area contributed by atoms with Crippen LogP contribution < -0.4 is 14.2 Å². The molecular weight excluding hydrogens is 432 g/mol. The molecule has 0 spiro atoms. The second-order valence-corrected chi connectivity index (χ2v) is 8.14. The molecular formula is C28H36O6. The minimum Gasteiger partial charge on any atom is -0.491 e. The molecule has 0 amide bonds. The zero-order valence-electron chi connectivity index (χ0n) is 20.5. The fourth-order valence-electron chi connectivity index (χ4n) is 3.24. The fraction of sp³-hybridized carbons (Fsp3) is 0.429. The van der Waals surface area contributed by atoms with Gasteiger partial charge in [-0.1, -0.05) is 46.1 Å². The third-order valence-electron chi connectivity index (χ3n) is 5.15. The number of unbranched alkanes of at least 4 members (excludes halogenated alkanes) is 3. The van der Waals surface area contributed by atoms with Crippen LogP contribution in [0.4, 0.5) is 0 Å². The Bertz CT molecular complexity index is 888. The lowest BCUT2D eigenvalue weighted by atomic mass is 10.2. The first kappa shape index (κ1) is 27.0. The summed E-state index contributed by atoms with van der Waals surface area (Å²) < 4.78 is 22.4. The molecule has 0 aliphatic rings. The van der Waals surface area contributed by atoms with Crippen molar-refractivity contribution in [1.82, 2.24) is 0 Å². The minimum absolute atomic E-state index is 0.130. The Labute approximate surface area is 202 Å². The molecule has 2 aromatic rings. The number of hydrogen-bond acceptors (Lipinski definition) is 6. The van der Waals surface area contributed by atoms with Gasteiger partial charge < -0.3 is 18.9 Å². The van der Waals surface area contributed by atoms with Crippen LogP contribution in [-0.4, -0.2) is 24.3 Å². The Balaban J connectivity index is 1.91. The molecule has 0 saturated heterocycles. The first-order chi connectivity index (χ1) is 16.4. The molecule has 0 bridgehead atoms. The fourth-order valence-corrected chi connectivity index (χ4v) is 3.24. The van der Waals surface area contributed by atoms with Crippen molar-refractivity contribution in [2.75, 3.05) is 0 Å². The molecule has 0 heterocycles. The van der Waals surface area contributed by atoms with E-state index in [0.29, 0.717) is 23.5 Å². The van der Waals surface area contributed by atoms with Crippen LogP contribution in [0.2, 0.25) is 0 Å². The lowest BCUT2D eigenvalue weighted by molar-refractivity contribution is -0.158. The topological polar surface area (TPSA) is 71.1 Å². The van der Waals surface area contributed by atoms with Crippen LogP contribution in [0.5, 0.6) is 17.2 Å². The van der Waals surface area contributed by atoms with E-state index in [-0.39, 0.29) is 6.10 Å². The van der Waals surface area contributed by atoms with Crippen molar-refractivity contribution in [1.29, 1.82) is 0 Å². The third kappa shape index (κ3) is 9.69. The molecule has 0 aromatic heterocycles. The average molecular weight is 469 g/mol. The highest BCUT2D eigenvalue weighted by Crippen LogP contribution is 2.22. The third-order valence-corrected chi connectivity index (χ3v) is 5.15. The van der Waals surface area contributed by atoms with Gasteiger partial charge in [0.05, 0.1) is 11.7 Å². The van der Waals surface area contributed by atoms with Crippen molar-refractivity contribution in [3.63, 3.8) is 0 Å². The smallest absolute Gasteiger partial charge is 0.343 e. The molecule has 0 saturated carbocycles. The van der Waals surface area contributed by atoms with E-state index in [2.05, 4.69) is 20.4 Å². The summed E-state index contributed by atoms with van der Waals surface area (Å²) in [7, 11) is 0. The summed E-state index contributed by atoms with van der Waals surface area (Å²) in [6, 6.07) is 13.6. The van der Waals surface area contributed by atoms with Gasteiger partial charge in [0.2, 0.25) is 6.29 Å². The van der Waals surface area contributed by atoms with Gasteiger partial charge >= 0.3 is 11.9 Å². The van der Waals surface area contributed by atoms with E-state index in [1.54, 1.807) is 48.5 Å². The number of ether oxygens (including phenoxy) is 4. The molecule has 0 N–H and O–H groups in total. The predicted molar refractivity (Wildman–Crippen MR) is 132 cm³/mol. The Morgan fingerprint density at radius 1 is 0.824 bits per heavy atom. The molecule has 0 aliphatic carbocycles. The first-order valence-electron chi connectivity index (χ1n) is 12.0. The number of hydrogen-bond donors (Lipinski definition) is 0. The highest BCUT2D eigenvalue weighted by Gasteiger charge is 2.15. The molecule has 2 rings (SSSR count). The molecule has 2 aromatic carbocycles. The van der Waals surface area contributed by atoms with Crippen molar-refractivity contribution >= 4 is 11.9 Å². The van der Waals surface area contributed by atoms with Crippen LogP contribution in [-0.2, 0) is 9.53 Å². The van der Waals surface area contributed by atoms with Crippen molar-refractivity contribution in [3.8, 4) is 17.2 Å². The number of carbonyl (C=O) groups excluding carboxylic acids is 2. The van der Waals surface area contributed by atoms with Gasteiger partial charge in [-0.05, 0) is 68.3 Å². The van der Waals surface area contributed by atoms with Crippen molar-refractivity contribution in [3.05, 3.63) is 66.7 Å². The quantitative estimate of drug-likeness (QED) is 0.0933. The highest BCUT2D eigenvalue weighted by molar-refractivity contribution is 5.91. The highest BCUT2D eigenvalue weighted by atomic mass is 16.7. The summed E-state index contributed by atoms with van der Waals surface area (Å²) in [5.41, 5.74) is 0.432. The maximum atomic E-state index is 12.5. The summed E-state index contributed by atoms with van der Waals surface area (Å²) in [6.07, 6.45) is 7.33. The van der Waals surface area contributed by atoms with Gasteiger partial charge in [0.15, 0.2) is 0 Å². The van der Waals surface area contributed by atoms with Crippen molar-refractivity contribution in [2.24, 2.45) is 0 Å². The number of benzene rings is 2. The molecule has 34 heavy (non-hydrogen) atoms. The van der Waals surface area contributed by atoms with Crippen LogP contribution in [0.1, 0.15) is 76.1 Å².